The Hall–Kier alpha value is -3.77. The van der Waals surface area contributed by atoms with Gasteiger partial charge >= 0.3 is 5.97 Å². The van der Waals surface area contributed by atoms with Gasteiger partial charge in [0.05, 0.1) is 21.4 Å². The van der Waals surface area contributed by atoms with E-state index in [0.717, 1.165) is 19.6 Å². The molecule has 194 valence electrons. The molecule has 0 bridgehead atoms. The third-order valence-corrected chi connectivity index (χ3v) is 6.65. The highest BCUT2D eigenvalue weighted by Crippen LogP contribution is 2.36. The molecule has 1 fully saturated rings. The van der Waals surface area contributed by atoms with Crippen molar-refractivity contribution in [2.75, 3.05) is 11.5 Å². The van der Waals surface area contributed by atoms with Gasteiger partial charge in [0.2, 0.25) is 0 Å². The fourth-order valence-corrected chi connectivity index (χ4v) is 4.93. The van der Waals surface area contributed by atoms with Crippen molar-refractivity contribution in [3.63, 3.8) is 0 Å². The number of aromatic carboxylic acids is 1. The predicted octanol–water partition coefficient (Wildman–Crippen LogP) is 5.11. The average Bonchev–Trinajstić information content (AvgIpc) is 2.86. The van der Waals surface area contributed by atoms with Crippen LogP contribution < -0.4 is 19.7 Å². The number of thiocarbonyl (C=S) groups is 1. The largest absolute Gasteiger partial charge is 0.490 e. The van der Waals surface area contributed by atoms with Crippen LogP contribution in [0, 0.1) is 10.5 Å². The smallest absolute Gasteiger partial charge is 0.335 e. The molecule has 0 aromatic heterocycles. The molecule has 1 heterocycles. The Morgan fingerprint density at radius 2 is 1.87 bits per heavy atom. The zero-order chi connectivity index (χ0) is 27.4. The minimum absolute atomic E-state index is 0.0160. The van der Waals surface area contributed by atoms with Crippen molar-refractivity contribution in [1.29, 1.82) is 0 Å². The maximum absolute atomic E-state index is 13.4. The summed E-state index contributed by atoms with van der Waals surface area (Å²) in [7, 11) is 0. The summed E-state index contributed by atoms with van der Waals surface area (Å²) in [6.45, 7) is 4.60. The minimum Gasteiger partial charge on any atom is -0.490 e. The van der Waals surface area contributed by atoms with E-state index in [-0.39, 0.29) is 21.9 Å². The highest BCUT2D eigenvalue weighted by atomic mass is 127. The Labute approximate surface area is 238 Å². The highest BCUT2D eigenvalue weighted by Gasteiger charge is 2.35. The number of rotatable bonds is 8. The third kappa shape index (κ3) is 6.03. The Bertz CT molecular complexity index is 1490. The molecule has 3 aromatic rings. The lowest BCUT2D eigenvalue weighted by Crippen LogP contribution is -2.54. The van der Waals surface area contributed by atoms with Crippen LogP contribution in [0.15, 0.2) is 66.2 Å². The summed E-state index contributed by atoms with van der Waals surface area (Å²) in [4.78, 5) is 38.6. The van der Waals surface area contributed by atoms with Crippen LogP contribution in [0.4, 0.5) is 5.69 Å². The zero-order valence-corrected chi connectivity index (χ0v) is 23.5. The first-order valence-electron chi connectivity index (χ1n) is 11.6. The molecular formula is C28H23IN2O6S. The average molecular weight is 642 g/mol. The Balaban J connectivity index is 1.67. The molecule has 1 aliphatic heterocycles. The summed E-state index contributed by atoms with van der Waals surface area (Å²) in [5.41, 5.74) is 2.75. The summed E-state index contributed by atoms with van der Waals surface area (Å²) in [5.74, 6) is -1.44. The molecule has 0 spiro atoms. The number of hydrogen-bond acceptors (Lipinski definition) is 6. The molecule has 38 heavy (non-hydrogen) atoms. The van der Waals surface area contributed by atoms with E-state index in [9.17, 15) is 19.5 Å². The SMILES string of the molecule is CCOc1cc(C=C2C(=O)NC(=S)N(c3cccc(C(=O)O)c3)C2=O)cc(I)c1OCc1cccc(C)c1. The molecule has 0 saturated carbocycles. The number of hydrogen-bond donors (Lipinski definition) is 2. The van der Waals surface area contributed by atoms with Gasteiger partial charge in [-0.3, -0.25) is 19.8 Å². The third-order valence-electron chi connectivity index (χ3n) is 5.56. The monoisotopic (exact) mass is 642 g/mol. The first kappa shape index (κ1) is 27.3. The molecule has 0 aliphatic carbocycles. The quantitative estimate of drug-likeness (QED) is 0.152. The standard InChI is InChI=1S/C28H23IN2O6S/c1-3-36-23-13-18(12-22(29)24(23)37-15-17-7-4-6-16(2)10-17)11-21-25(32)30-28(38)31(26(21)33)20-9-5-8-19(14-20)27(34)35/h4-14H,3,15H2,1-2H3,(H,34,35)(H,30,32,38). The number of nitrogens with zero attached hydrogens (tertiary/aromatic N) is 1. The summed E-state index contributed by atoms with van der Waals surface area (Å²) in [6, 6.07) is 17.3. The first-order valence-corrected chi connectivity index (χ1v) is 13.1. The van der Waals surface area contributed by atoms with Crippen LogP contribution in [-0.4, -0.2) is 34.6 Å². The van der Waals surface area contributed by atoms with E-state index in [4.69, 9.17) is 21.7 Å². The second-order valence-electron chi connectivity index (χ2n) is 8.35. The van der Waals surface area contributed by atoms with Gasteiger partial charge in [0.25, 0.3) is 11.8 Å². The number of carboxylic acids is 1. The molecule has 1 saturated heterocycles. The van der Waals surface area contributed by atoms with Crippen LogP contribution in [0.1, 0.15) is 34.0 Å². The topological polar surface area (TPSA) is 105 Å². The van der Waals surface area contributed by atoms with E-state index in [0.29, 0.717) is 30.3 Å². The second kappa shape index (κ2) is 11.7. The normalized spacial score (nSPS) is 14.4. The van der Waals surface area contributed by atoms with Gasteiger partial charge in [-0.05, 0) is 96.2 Å². The minimum atomic E-state index is -1.15. The van der Waals surface area contributed by atoms with Crippen LogP contribution in [-0.2, 0) is 16.2 Å². The predicted molar refractivity (Wildman–Crippen MR) is 155 cm³/mol. The Morgan fingerprint density at radius 1 is 1.11 bits per heavy atom. The second-order valence-corrected chi connectivity index (χ2v) is 9.90. The van der Waals surface area contributed by atoms with Gasteiger partial charge in [-0.2, -0.15) is 0 Å². The van der Waals surface area contributed by atoms with Crippen molar-refractivity contribution in [1.82, 2.24) is 5.32 Å². The molecule has 3 aromatic carbocycles. The lowest BCUT2D eigenvalue weighted by molar-refractivity contribution is -0.122. The van der Waals surface area contributed by atoms with Gasteiger partial charge in [0.1, 0.15) is 12.2 Å². The maximum Gasteiger partial charge on any atom is 0.335 e. The van der Waals surface area contributed by atoms with Gasteiger partial charge < -0.3 is 14.6 Å². The molecule has 1 aliphatic rings. The number of anilines is 1. The number of carbonyl (C=O) groups is 3. The van der Waals surface area contributed by atoms with Crippen LogP contribution in [0.2, 0.25) is 0 Å². The molecular weight excluding hydrogens is 619 g/mol. The number of halogens is 1. The van der Waals surface area contributed by atoms with Gasteiger partial charge in [0, 0.05) is 0 Å². The summed E-state index contributed by atoms with van der Waals surface area (Å²) < 4.78 is 12.7. The van der Waals surface area contributed by atoms with Crippen LogP contribution >= 0.6 is 34.8 Å². The number of carboxylic acid groups (broad SMARTS) is 1. The van der Waals surface area contributed by atoms with Crippen LogP contribution in [0.5, 0.6) is 11.5 Å². The number of carbonyl (C=O) groups excluding carboxylic acids is 2. The van der Waals surface area contributed by atoms with Gasteiger partial charge in [-0.15, -0.1) is 0 Å². The van der Waals surface area contributed by atoms with Crippen molar-refractivity contribution in [3.05, 3.63) is 92.1 Å². The van der Waals surface area contributed by atoms with Crippen molar-refractivity contribution < 1.29 is 29.0 Å². The van der Waals surface area contributed by atoms with E-state index < -0.39 is 17.8 Å². The van der Waals surface area contributed by atoms with Crippen molar-refractivity contribution in [2.24, 2.45) is 0 Å². The van der Waals surface area contributed by atoms with Gasteiger partial charge in [-0.1, -0.05) is 35.9 Å². The maximum atomic E-state index is 13.4. The fourth-order valence-electron chi connectivity index (χ4n) is 3.87. The highest BCUT2D eigenvalue weighted by molar-refractivity contribution is 14.1. The van der Waals surface area contributed by atoms with Gasteiger partial charge in [0.15, 0.2) is 16.6 Å². The Morgan fingerprint density at radius 3 is 2.58 bits per heavy atom. The molecule has 8 nitrogen and oxygen atoms in total. The number of ether oxygens (including phenoxy) is 2. The summed E-state index contributed by atoms with van der Waals surface area (Å²) in [5, 5.41) is 11.7. The number of amides is 2. The van der Waals surface area contributed by atoms with Crippen molar-refractivity contribution in [3.8, 4) is 11.5 Å². The van der Waals surface area contributed by atoms with E-state index in [1.165, 1.54) is 24.3 Å². The number of aryl methyl sites for hydroxylation is 1. The molecule has 0 radical (unpaired) electrons. The van der Waals surface area contributed by atoms with Crippen molar-refractivity contribution in [2.45, 2.75) is 20.5 Å². The molecule has 0 atom stereocenters. The fraction of sp³-hybridized carbons (Fsp3) is 0.143. The molecule has 2 N–H and O–H groups in total. The van der Waals surface area contributed by atoms with E-state index in [1.807, 2.05) is 38.1 Å². The molecule has 4 rings (SSSR count). The van der Waals surface area contributed by atoms with Gasteiger partial charge in [-0.25, -0.2) is 4.79 Å². The zero-order valence-electron chi connectivity index (χ0n) is 20.5. The number of benzene rings is 3. The summed E-state index contributed by atoms with van der Waals surface area (Å²) in [6.07, 6.45) is 1.45. The van der Waals surface area contributed by atoms with Crippen LogP contribution in [0.25, 0.3) is 6.08 Å². The number of nitrogens with one attached hydrogen (secondary N) is 1. The molecule has 10 heteroatoms. The molecule has 0 unspecified atom stereocenters. The Kier molecular flexibility index (Phi) is 8.42. The van der Waals surface area contributed by atoms with Crippen LogP contribution in [0.3, 0.4) is 0 Å². The van der Waals surface area contributed by atoms with E-state index in [2.05, 4.69) is 27.9 Å². The lowest BCUT2D eigenvalue weighted by Gasteiger charge is -2.29. The van der Waals surface area contributed by atoms with E-state index >= 15 is 0 Å². The lowest BCUT2D eigenvalue weighted by atomic mass is 10.1. The first-order chi connectivity index (χ1) is 18.2. The summed E-state index contributed by atoms with van der Waals surface area (Å²) >= 11 is 7.35. The van der Waals surface area contributed by atoms with E-state index in [1.54, 1.807) is 18.2 Å². The van der Waals surface area contributed by atoms with Crippen molar-refractivity contribution >= 4 is 69.5 Å². The molecule has 2 amide bonds.